The summed E-state index contributed by atoms with van der Waals surface area (Å²) in [5, 5.41) is 8.27. The number of aryl methyl sites for hydroxylation is 3. The second-order valence-electron chi connectivity index (χ2n) is 8.39. The van der Waals surface area contributed by atoms with Crippen molar-refractivity contribution in [1.29, 1.82) is 0 Å². The van der Waals surface area contributed by atoms with Gasteiger partial charge in [0.2, 0.25) is 11.8 Å². The van der Waals surface area contributed by atoms with Crippen LogP contribution in [0.5, 0.6) is 5.88 Å². The van der Waals surface area contributed by atoms with Crippen molar-refractivity contribution in [3.63, 3.8) is 0 Å². The van der Waals surface area contributed by atoms with E-state index in [1.54, 1.807) is 34.7 Å². The maximum Gasteiger partial charge on any atom is 0.250 e. The Morgan fingerprint density at radius 2 is 1.82 bits per heavy atom. The van der Waals surface area contributed by atoms with Crippen LogP contribution in [0.1, 0.15) is 34.4 Å². The molecule has 0 bridgehead atoms. The summed E-state index contributed by atoms with van der Waals surface area (Å²) in [6.07, 6.45) is 2.74. The number of nitrogens with one attached hydrogen (secondary N) is 1. The highest BCUT2D eigenvalue weighted by molar-refractivity contribution is 5.86. The molecule has 8 nitrogen and oxygen atoms in total. The van der Waals surface area contributed by atoms with Crippen LogP contribution in [-0.4, -0.2) is 32.3 Å². The Balaban J connectivity index is 1.35. The number of hydrogen-bond donors (Lipinski definition) is 1. The summed E-state index contributed by atoms with van der Waals surface area (Å²) in [7, 11) is 3.44. The number of amides is 1. The van der Waals surface area contributed by atoms with E-state index in [0.29, 0.717) is 31.8 Å². The van der Waals surface area contributed by atoms with Crippen LogP contribution in [0, 0.1) is 13.8 Å². The van der Waals surface area contributed by atoms with Gasteiger partial charge in [-0.05, 0) is 48.6 Å². The Labute approximate surface area is 198 Å². The lowest BCUT2D eigenvalue weighted by molar-refractivity contribution is -0.121. The fraction of sp³-hybridized carbons (Fsp3) is 0.308. The second-order valence-corrected chi connectivity index (χ2v) is 8.39. The average molecular weight is 460 g/mol. The Kier molecular flexibility index (Phi) is 6.77. The molecular weight excluding hydrogens is 430 g/mol. The summed E-state index contributed by atoms with van der Waals surface area (Å²) >= 11 is 0. The predicted octanol–water partition coefficient (Wildman–Crippen LogP) is 3.05. The summed E-state index contributed by atoms with van der Waals surface area (Å²) < 4.78 is 8.79. The molecule has 4 rings (SSSR count). The highest BCUT2D eigenvalue weighted by Gasteiger charge is 2.18. The maximum absolute atomic E-state index is 12.5. The van der Waals surface area contributed by atoms with E-state index in [-0.39, 0.29) is 11.5 Å². The minimum Gasteiger partial charge on any atom is -0.479 e. The largest absolute Gasteiger partial charge is 0.479 e. The van der Waals surface area contributed by atoms with Crippen molar-refractivity contribution in [2.24, 2.45) is 7.05 Å². The van der Waals surface area contributed by atoms with Gasteiger partial charge in [0.25, 0.3) is 5.56 Å². The van der Waals surface area contributed by atoms with Gasteiger partial charge in [0, 0.05) is 38.0 Å². The van der Waals surface area contributed by atoms with E-state index in [1.807, 2.05) is 51.2 Å². The molecule has 34 heavy (non-hydrogen) atoms. The van der Waals surface area contributed by atoms with Gasteiger partial charge in [-0.1, -0.05) is 30.3 Å². The van der Waals surface area contributed by atoms with Crippen LogP contribution in [0.2, 0.25) is 0 Å². The van der Waals surface area contributed by atoms with Gasteiger partial charge in [-0.2, -0.15) is 0 Å². The van der Waals surface area contributed by atoms with Gasteiger partial charge in [-0.25, -0.2) is 9.67 Å². The minimum absolute atomic E-state index is 0.0167. The molecule has 8 heteroatoms. The fourth-order valence-electron chi connectivity index (χ4n) is 4.19. The summed E-state index contributed by atoms with van der Waals surface area (Å²) in [5.41, 5.74) is 5.79. The molecule has 0 radical (unpaired) electrons. The third-order valence-electron chi connectivity index (χ3n) is 6.08. The molecule has 0 aliphatic heterocycles. The van der Waals surface area contributed by atoms with Crippen LogP contribution in [0.4, 0.5) is 0 Å². The summed E-state index contributed by atoms with van der Waals surface area (Å²) in [6.45, 7) is 4.96. The highest BCUT2D eigenvalue weighted by Crippen LogP contribution is 2.30. The fourth-order valence-corrected chi connectivity index (χ4v) is 4.19. The number of rotatable bonds is 8. The van der Waals surface area contributed by atoms with Gasteiger partial charge in [0.1, 0.15) is 0 Å². The van der Waals surface area contributed by atoms with E-state index in [1.165, 1.54) is 0 Å². The molecule has 176 valence electrons. The number of carbonyl (C=O) groups excluding carboxylic acids is 1. The normalized spacial score (nSPS) is 11.1. The van der Waals surface area contributed by atoms with E-state index in [4.69, 9.17) is 4.74 Å². The standard InChI is InChI=1S/C26H29N5O3/c1-17-21(18(2)28-25-24(17)26(34-4)29-30(25)3)12-13-22(32)27-15-19-8-10-20(11-9-19)16-31-14-6-5-7-23(31)33/h5-11,14H,12-13,15-16H2,1-4H3,(H,27,32). The first kappa shape index (κ1) is 23.2. The number of pyridine rings is 2. The first-order chi connectivity index (χ1) is 16.4. The van der Waals surface area contributed by atoms with E-state index < -0.39 is 0 Å². The number of carbonyl (C=O) groups is 1. The maximum atomic E-state index is 12.5. The smallest absolute Gasteiger partial charge is 0.250 e. The van der Waals surface area contributed by atoms with Crippen molar-refractivity contribution in [1.82, 2.24) is 24.6 Å². The molecular formula is C26H29N5O3. The van der Waals surface area contributed by atoms with Gasteiger partial charge >= 0.3 is 0 Å². The van der Waals surface area contributed by atoms with Crippen LogP contribution >= 0.6 is 0 Å². The SMILES string of the molecule is COc1nn(C)c2nc(C)c(CCC(=O)NCc3ccc(Cn4ccccc4=O)cc3)c(C)c12. The topological polar surface area (TPSA) is 91.0 Å². The van der Waals surface area contributed by atoms with Crippen molar-refractivity contribution in [2.75, 3.05) is 7.11 Å². The third-order valence-corrected chi connectivity index (χ3v) is 6.08. The van der Waals surface area contributed by atoms with Crippen LogP contribution in [0.15, 0.2) is 53.5 Å². The molecule has 0 saturated carbocycles. The van der Waals surface area contributed by atoms with Gasteiger partial charge < -0.3 is 14.6 Å². The predicted molar refractivity (Wildman–Crippen MR) is 131 cm³/mol. The molecule has 0 unspecified atom stereocenters. The van der Waals surface area contributed by atoms with Crippen LogP contribution < -0.4 is 15.6 Å². The monoisotopic (exact) mass is 459 g/mol. The zero-order valence-electron chi connectivity index (χ0n) is 20.0. The number of ether oxygens (including phenoxy) is 1. The first-order valence-corrected chi connectivity index (χ1v) is 11.2. The molecule has 0 saturated heterocycles. The lowest BCUT2D eigenvalue weighted by Crippen LogP contribution is -2.23. The van der Waals surface area contributed by atoms with E-state index in [9.17, 15) is 9.59 Å². The molecule has 3 aromatic heterocycles. The van der Waals surface area contributed by atoms with Gasteiger partial charge in [-0.15, -0.1) is 5.10 Å². The Morgan fingerprint density at radius 1 is 1.09 bits per heavy atom. The summed E-state index contributed by atoms with van der Waals surface area (Å²) in [4.78, 5) is 29.1. The number of benzene rings is 1. The molecule has 0 atom stereocenters. The van der Waals surface area contributed by atoms with Gasteiger partial charge in [0.05, 0.1) is 19.0 Å². The van der Waals surface area contributed by atoms with E-state index >= 15 is 0 Å². The number of hydrogen-bond acceptors (Lipinski definition) is 5. The van der Waals surface area contributed by atoms with E-state index in [0.717, 1.165) is 39.0 Å². The Bertz CT molecular complexity index is 1390. The van der Waals surface area contributed by atoms with Crippen LogP contribution in [-0.2, 0) is 31.4 Å². The summed E-state index contributed by atoms with van der Waals surface area (Å²) in [5.74, 6) is 0.533. The average Bonchev–Trinajstić information content (AvgIpc) is 3.15. The molecule has 3 heterocycles. The van der Waals surface area contributed by atoms with Crippen molar-refractivity contribution < 1.29 is 9.53 Å². The zero-order chi connectivity index (χ0) is 24.2. The summed E-state index contributed by atoms with van der Waals surface area (Å²) in [6, 6.07) is 13.0. The van der Waals surface area contributed by atoms with Crippen molar-refractivity contribution in [2.45, 2.75) is 39.8 Å². The number of nitrogens with zero attached hydrogens (tertiary/aromatic N) is 4. The zero-order valence-corrected chi connectivity index (χ0v) is 20.0. The Hall–Kier alpha value is -3.94. The molecule has 0 aliphatic rings. The number of methoxy groups -OCH3 is 1. The van der Waals surface area contributed by atoms with Gasteiger partial charge in [0.15, 0.2) is 5.65 Å². The molecule has 0 aliphatic carbocycles. The lowest BCUT2D eigenvalue weighted by atomic mass is 10.00. The highest BCUT2D eigenvalue weighted by atomic mass is 16.5. The van der Waals surface area contributed by atoms with E-state index in [2.05, 4.69) is 15.4 Å². The molecule has 4 aromatic rings. The Morgan fingerprint density at radius 3 is 2.53 bits per heavy atom. The van der Waals surface area contributed by atoms with Crippen LogP contribution in [0.3, 0.4) is 0 Å². The van der Waals surface area contributed by atoms with Crippen LogP contribution in [0.25, 0.3) is 11.0 Å². The first-order valence-electron chi connectivity index (χ1n) is 11.2. The molecule has 0 spiro atoms. The van der Waals surface area contributed by atoms with Gasteiger partial charge in [-0.3, -0.25) is 9.59 Å². The quantitative estimate of drug-likeness (QED) is 0.437. The third kappa shape index (κ3) is 4.85. The number of fused-ring (bicyclic) bond motifs is 1. The molecule has 1 amide bonds. The second kappa shape index (κ2) is 9.91. The lowest BCUT2D eigenvalue weighted by Gasteiger charge is -2.12. The molecule has 1 aromatic carbocycles. The number of aromatic nitrogens is 4. The van der Waals surface area contributed by atoms with Crippen molar-refractivity contribution in [3.8, 4) is 5.88 Å². The van der Waals surface area contributed by atoms with Crippen molar-refractivity contribution in [3.05, 3.63) is 87.0 Å². The minimum atomic E-state index is -0.0272. The van der Waals surface area contributed by atoms with Crippen molar-refractivity contribution >= 4 is 16.9 Å². The molecule has 1 N–H and O–H groups in total. The molecule has 0 fully saturated rings.